The van der Waals surface area contributed by atoms with Crippen LogP contribution in [0.4, 0.5) is 4.39 Å². The summed E-state index contributed by atoms with van der Waals surface area (Å²) in [5.41, 5.74) is 4.36. The van der Waals surface area contributed by atoms with Crippen molar-refractivity contribution >= 4 is 53.6 Å². The Morgan fingerprint density at radius 3 is 2.69 bits per heavy atom. The summed E-state index contributed by atoms with van der Waals surface area (Å²) in [6.45, 7) is 2.14. The average molecular weight is 399 g/mol. The van der Waals surface area contributed by atoms with Crippen LogP contribution in [0.15, 0.2) is 60.9 Å². The largest absolute Gasteiger partial charge is 0.254 e. The number of nitrogens with zero attached hydrogens (tertiary/aromatic N) is 4. The minimum Gasteiger partial charge on any atom is -0.237 e. The molecular weight excluding hydrogens is 383 g/mol. The van der Waals surface area contributed by atoms with Crippen LogP contribution in [0.5, 0.6) is 0 Å². The number of rotatable bonds is 1. The van der Waals surface area contributed by atoms with E-state index in [4.69, 9.17) is 0 Å². The van der Waals surface area contributed by atoms with Crippen molar-refractivity contribution in [2.45, 2.75) is 6.92 Å². The lowest BCUT2D eigenvalue weighted by Crippen LogP contribution is -2.34. The number of hydrogen-bond acceptors (Lipinski definition) is 3. The molecule has 0 amide bonds. The van der Waals surface area contributed by atoms with Gasteiger partial charge >= 0.3 is 0 Å². The van der Waals surface area contributed by atoms with E-state index >= 15 is 0 Å². The molecule has 0 spiro atoms. The van der Waals surface area contributed by atoms with Crippen LogP contribution in [0.3, 0.4) is 0 Å². The first kappa shape index (κ1) is 16.6. The first-order valence-corrected chi connectivity index (χ1v) is 10.2. The minimum atomic E-state index is -0.470. The highest BCUT2D eigenvalue weighted by atomic mass is 32.1. The van der Waals surface area contributed by atoms with E-state index in [1.165, 1.54) is 39.3 Å². The third-order valence-electron chi connectivity index (χ3n) is 5.50. The van der Waals surface area contributed by atoms with E-state index in [9.17, 15) is 4.39 Å². The van der Waals surface area contributed by atoms with Crippen molar-refractivity contribution in [3.05, 3.63) is 72.4 Å². The fourth-order valence-electron chi connectivity index (χ4n) is 4.25. The molecule has 4 heterocycles. The van der Waals surface area contributed by atoms with Gasteiger partial charge in [0.15, 0.2) is 5.52 Å². The fraction of sp³-hybridized carbons (Fsp3) is 0.0870. The molecule has 2 aromatic carbocycles. The molecule has 0 aliphatic heterocycles. The molecule has 0 aliphatic carbocycles. The van der Waals surface area contributed by atoms with Crippen molar-refractivity contribution in [1.29, 1.82) is 0 Å². The summed E-state index contributed by atoms with van der Waals surface area (Å²) in [6, 6.07) is 18.0. The molecule has 0 saturated carbocycles. The molecule has 4 nitrogen and oxygen atoms in total. The highest BCUT2D eigenvalue weighted by Gasteiger charge is 2.25. The number of aromatic nitrogens is 4. The predicted octanol–water partition coefficient (Wildman–Crippen LogP) is 5.21. The van der Waals surface area contributed by atoms with E-state index < -0.39 is 5.95 Å². The van der Waals surface area contributed by atoms with Crippen LogP contribution in [0.25, 0.3) is 48.1 Å². The van der Waals surface area contributed by atoms with Gasteiger partial charge in [-0.1, -0.05) is 36.4 Å². The number of aryl methyl sites for hydroxylation is 2. The molecule has 0 atom stereocenters. The van der Waals surface area contributed by atoms with Crippen LogP contribution in [0.2, 0.25) is 0 Å². The normalized spacial score (nSPS) is 12.0. The van der Waals surface area contributed by atoms with Gasteiger partial charge in [0.05, 0.1) is 12.4 Å². The Labute approximate surface area is 169 Å². The average Bonchev–Trinajstić information content (AvgIpc) is 3.24. The first-order valence-electron chi connectivity index (χ1n) is 9.36. The van der Waals surface area contributed by atoms with Crippen molar-refractivity contribution in [3.8, 4) is 5.82 Å². The van der Waals surface area contributed by atoms with Gasteiger partial charge in [-0.15, -0.1) is 16.3 Å². The Balaban J connectivity index is 1.87. The quantitative estimate of drug-likeness (QED) is 0.281. The van der Waals surface area contributed by atoms with Gasteiger partial charge < -0.3 is 0 Å². The van der Waals surface area contributed by atoms with Crippen LogP contribution in [-0.2, 0) is 7.05 Å². The van der Waals surface area contributed by atoms with Gasteiger partial charge in [0.25, 0.3) is 5.82 Å². The SMILES string of the molecule is Cc1cccc2c3ccccc3n(-c3c4sc5nc(F)ccc5c4nc[n+]3C)c12. The summed E-state index contributed by atoms with van der Waals surface area (Å²) in [5, 5.41) is 3.31. The summed E-state index contributed by atoms with van der Waals surface area (Å²) in [4.78, 5) is 9.41. The lowest BCUT2D eigenvalue weighted by Gasteiger charge is -2.07. The van der Waals surface area contributed by atoms with Crippen molar-refractivity contribution < 1.29 is 8.96 Å². The molecule has 6 heteroatoms. The van der Waals surface area contributed by atoms with Crippen molar-refractivity contribution in [2.75, 3.05) is 0 Å². The van der Waals surface area contributed by atoms with E-state index in [1.54, 1.807) is 6.07 Å². The zero-order valence-electron chi connectivity index (χ0n) is 15.8. The first-order chi connectivity index (χ1) is 14.1. The highest BCUT2D eigenvalue weighted by molar-refractivity contribution is 7.25. The van der Waals surface area contributed by atoms with Gasteiger partial charge in [-0.2, -0.15) is 4.39 Å². The molecule has 0 unspecified atom stereocenters. The Bertz CT molecular complexity index is 1600. The second-order valence-corrected chi connectivity index (χ2v) is 8.27. The van der Waals surface area contributed by atoms with Gasteiger partial charge in [-0.3, -0.25) is 0 Å². The van der Waals surface area contributed by atoms with Gasteiger partial charge in [0, 0.05) is 10.8 Å². The van der Waals surface area contributed by atoms with E-state index in [-0.39, 0.29) is 0 Å². The van der Waals surface area contributed by atoms with E-state index in [0.717, 1.165) is 26.9 Å². The number of fused-ring (bicyclic) bond motifs is 6. The van der Waals surface area contributed by atoms with Crippen molar-refractivity contribution in [1.82, 2.24) is 14.5 Å². The summed E-state index contributed by atoms with van der Waals surface area (Å²) < 4.78 is 19.1. The van der Waals surface area contributed by atoms with Crippen LogP contribution in [0.1, 0.15) is 5.56 Å². The topological polar surface area (TPSA) is 34.6 Å². The third kappa shape index (κ3) is 2.20. The van der Waals surface area contributed by atoms with E-state index in [2.05, 4.69) is 63.9 Å². The zero-order valence-corrected chi connectivity index (χ0v) is 16.7. The molecule has 0 bridgehead atoms. The summed E-state index contributed by atoms with van der Waals surface area (Å²) in [5.74, 6) is 0.543. The molecule has 0 radical (unpaired) electrons. The van der Waals surface area contributed by atoms with Gasteiger partial charge in [0.1, 0.15) is 20.6 Å². The lowest BCUT2D eigenvalue weighted by atomic mass is 10.1. The summed E-state index contributed by atoms with van der Waals surface area (Å²) >= 11 is 1.48. The van der Waals surface area contributed by atoms with E-state index in [0.29, 0.717) is 4.83 Å². The number of benzene rings is 2. The second-order valence-electron chi connectivity index (χ2n) is 7.27. The number of para-hydroxylation sites is 2. The fourth-order valence-corrected chi connectivity index (χ4v) is 5.44. The molecule has 29 heavy (non-hydrogen) atoms. The van der Waals surface area contributed by atoms with E-state index in [1.807, 2.05) is 17.9 Å². The van der Waals surface area contributed by atoms with Crippen LogP contribution < -0.4 is 4.57 Å². The highest BCUT2D eigenvalue weighted by Crippen LogP contribution is 2.38. The summed E-state index contributed by atoms with van der Waals surface area (Å²) in [7, 11) is 2.00. The number of hydrogen-bond donors (Lipinski definition) is 0. The van der Waals surface area contributed by atoms with Crippen LogP contribution in [0, 0.1) is 12.9 Å². The maximum atomic E-state index is 13.8. The second kappa shape index (κ2) is 5.81. The monoisotopic (exact) mass is 399 g/mol. The third-order valence-corrected chi connectivity index (χ3v) is 6.59. The Morgan fingerprint density at radius 2 is 1.79 bits per heavy atom. The predicted molar refractivity (Wildman–Crippen MR) is 115 cm³/mol. The van der Waals surface area contributed by atoms with Crippen LogP contribution in [-0.4, -0.2) is 14.5 Å². The summed E-state index contributed by atoms with van der Waals surface area (Å²) in [6.07, 6.45) is 1.83. The number of halogens is 1. The van der Waals surface area contributed by atoms with Gasteiger partial charge in [-0.05, 0) is 30.7 Å². The molecular formula is C23H16FN4S+. The molecule has 0 fully saturated rings. The molecule has 6 aromatic rings. The molecule has 6 rings (SSSR count). The standard InChI is InChI=1S/C23H16FN4S/c1-13-6-5-8-15-14-7-3-4-9-17(14)28(20(13)15)23-21-19(25-12-27(23)2)16-10-11-18(24)26-22(16)29-21/h3-12H,1-2H3/q+1. The Morgan fingerprint density at radius 1 is 0.966 bits per heavy atom. The maximum absolute atomic E-state index is 13.8. The van der Waals surface area contributed by atoms with Gasteiger partial charge in [-0.25, -0.2) is 14.1 Å². The smallest absolute Gasteiger partial charge is 0.237 e. The minimum absolute atomic E-state index is 0.470. The molecule has 140 valence electrons. The van der Waals surface area contributed by atoms with Crippen molar-refractivity contribution in [3.63, 3.8) is 0 Å². The van der Waals surface area contributed by atoms with Crippen molar-refractivity contribution in [2.24, 2.45) is 7.05 Å². The Hall–Kier alpha value is -3.38. The molecule has 0 saturated heterocycles. The lowest BCUT2D eigenvalue weighted by molar-refractivity contribution is -0.667. The molecule has 4 aromatic heterocycles. The molecule has 0 aliphatic rings. The number of pyridine rings is 1. The molecule has 0 N–H and O–H groups in total. The maximum Gasteiger partial charge on any atom is 0.254 e. The van der Waals surface area contributed by atoms with Gasteiger partial charge in [0.2, 0.25) is 12.3 Å². The zero-order chi connectivity index (χ0) is 19.7. The Kier molecular flexibility index (Phi) is 3.32. The number of thiophene rings is 1. The van der Waals surface area contributed by atoms with Crippen LogP contribution >= 0.6 is 11.3 Å².